The smallest absolute Gasteiger partial charge is 0.317 e. The fourth-order valence-corrected chi connectivity index (χ4v) is 3.22. The van der Waals surface area contributed by atoms with Crippen LogP contribution in [0.4, 0.5) is 4.79 Å². The SMILES string of the molecule is CC(C)c1noc(CCNC(=O)N2CCSCCC2C)n1. The van der Waals surface area contributed by atoms with Crippen molar-refractivity contribution in [1.82, 2.24) is 20.4 Å². The summed E-state index contributed by atoms with van der Waals surface area (Å²) in [7, 11) is 0. The van der Waals surface area contributed by atoms with Gasteiger partial charge in [0.25, 0.3) is 0 Å². The molecule has 0 aliphatic carbocycles. The van der Waals surface area contributed by atoms with Crippen molar-refractivity contribution in [2.24, 2.45) is 0 Å². The van der Waals surface area contributed by atoms with E-state index in [1.165, 1.54) is 0 Å². The van der Waals surface area contributed by atoms with Crippen molar-refractivity contribution < 1.29 is 9.32 Å². The van der Waals surface area contributed by atoms with E-state index in [2.05, 4.69) is 22.4 Å². The Kier molecular flexibility index (Phi) is 5.90. The third-order valence-corrected chi connectivity index (χ3v) is 4.56. The summed E-state index contributed by atoms with van der Waals surface area (Å²) in [5.74, 6) is 3.70. The summed E-state index contributed by atoms with van der Waals surface area (Å²) < 4.78 is 5.17. The van der Waals surface area contributed by atoms with E-state index in [0.29, 0.717) is 24.9 Å². The molecule has 21 heavy (non-hydrogen) atoms. The van der Waals surface area contributed by atoms with Crippen molar-refractivity contribution in [3.63, 3.8) is 0 Å². The summed E-state index contributed by atoms with van der Waals surface area (Å²) >= 11 is 1.91. The van der Waals surface area contributed by atoms with E-state index in [0.717, 1.165) is 30.3 Å². The van der Waals surface area contributed by atoms with Gasteiger partial charge in [0.05, 0.1) is 0 Å². The molecule has 1 aliphatic heterocycles. The van der Waals surface area contributed by atoms with Crippen LogP contribution in [0.2, 0.25) is 0 Å². The molecular formula is C14H24N4O2S. The maximum Gasteiger partial charge on any atom is 0.317 e. The van der Waals surface area contributed by atoms with Gasteiger partial charge in [-0.2, -0.15) is 16.7 Å². The second-order valence-corrected chi connectivity index (χ2v) is 6.85. The number of rotatable bonds is 4. The van der Waals surface area contributed by atoms with E-state index in [4.69, 9.17) is 4.52 Å². The van der Waals surface area contributed by atoms with Gasteiger partial charge in [0.1, 0.15) is 0 Å². The largest absolute Gasteiger partial charge is 0.339 e. The van der Waals surface area contributed by atoms with E-state index in [1.54, 1.807) is 0 Å². The number of carbonyl (C=O) groups is 1. The minimum atomic E-state index is 0.00796. The molecule has 1 aromatic rings. The van der Waals surface area contributed by atoms with E-state index in [9.17, 15) is 4.79 Å². The predicted octanol–water partition coefficient (Wildman–Crippen LogP) is 2.27. The lowest BCUT2D eigenvalue weighted by Gasteiger charge is -2.26. The zero-order chi connectivity index (χ0) is 15.2. The minimum absolute atomic E-state index is 0.00796. The molecule has 2 rings (SSSR count). The second-order valence-electron chi connectivity index (χ2n) is 5.63. The third kappa shape index (κ3) is 4.62. The third-order valence-electron chi connectivity index (χ3n) is 3.56. The molecule has 0 spiro atoms. The quantitative estimate of drug-likeness (QED) is 0.923. The molecule has 0 bridgehead atoms. The van der Waals surface area contributed by atoms with Gasteiger partial charge in [-0.05, 0) is 19.1 Å². The summed E-state index contributed by atoms with van der Waals surface area (Å²) in [5.41, 5.74) is 0. The summed E-state index contributed by atoms with van der Waals surface area (Å²) in [6.07, 6.45) is 1.63. The fourth-order valence-electron chi connectivity index (χ4n) is 2.18. The van der Waals surface area contributed by atoms with Crippen LogP contribution in [0.15, 0.2) is 4.52 Å². The van der Waals surface area contributed by atoms with E-state index >= 15 is 0 Å². The summed E-state index contributed by atoms with van der Waals surface area (Å²) in [6.45, 7) is 7.49. The Morgan fingerprint density at radius 3 is 3.05 bits per heavy atom. The molecule has 2 heterocycles. The Morgan fingerprint density at radius 1 is 1.52 bits per heavy atom. The van der Waals surface area contributed by atoms with Gasteiger partial charge in [-0.25, -0.2) is 4.79 Å². The molecular weight excluding hydrogens is 288 g/mol. The summed E-state index contributed by atoms with van der Waals surface area (Å²) in [6, 6.07) is 0.310. The molecule has 0 aromatic carbocycles. The number of urea groups is 1. The average Bonchev–Trinajstić information content (AvgIpc) is 2.81. The Hall–Kier alpha value is -1.24. The number of hydrogen-bond acceptors (Lipinski definition) is 5. The Labute approximate surface area is 130 Å². The second kappa shape index (κ2) is 7.68. The molecule has 2 amide bonds. The highest BCUT2D eigenvalue weighted by Gasteiger charge is 2.21. The van der Waals surface area contributed by atoms with Crippen LogP contribution in [0.25, 0.3) is 0 Å². The summed E-state index contributed by atoms with van der Waals surface area (Å²) in [5, 5.41) is 6.86. The number of carbonyl (C=O) groups excluding carboxylic acids is 1. The first kappa shape index (κ1) is 16.1. The van der Waals surface area contributed by atoms with Crippen LogP contribution < -0.4 is 5.32 Å². The van der Waals surface area contributed by atoms with E-state index in [1.807, 2.05) is 30.5 Å². The molecule has 7 heteroatoms. The van der Waals surface area contributed by atoms with Gasteiger partial charge in [0.15, 0.2) is 5.82 Å². The first-order valence-electron chi connectivity index (χ1n) is 7.52. The van der Waals surface area contributed by atoms with Gasteiger partial charge in [0, 0.05) is 37.2 Å². The zero-order valence-electron chi connectivity index (χ0n) is 13.0. The van der Waals surface area contributed by atoms with Crippen LogP contribution in [-0.2, 0) is 6.42 Å². The first-order chi connectivity index (χ1) is 10.1. The molecule has 1 fully saturated rings. The van der Waals surface area contributed by atoms with Crippen LogP contribution in [0.5, 0.6) is 0 Å². The number of aromatic nitrogens is 2. The lowest BCUT2D eigenvalue weighted by atomic mass is 10.2. The highest BCUT2D eigenvalue weighted by Crippen LogP contribution is 2.16. The van der Waals surface area contributed by atoms with Gasteiger partial charge < -0.3 is 14.7 Å². The lowest BCUT2D eigenvalue weighted by molar-refractivity contribution is 0.183. The molecule has 0 radical (unpaired) electrons. The normalized spacial score (nSPS) is 19.6. The topological polar surface area (TPSA) is 71.3 Å². The van der Waals surface area contributed by atoms with Gasteiger partial charge in [-0.1, -0.05) is 19.0 Å². The summed E-state index contributed by atoms with van der Waals surface area (Å²) in [4.78, 5) is 18.4. The van der Waals surface area contributed by atoms with Crippen LogP contribution in [0, 0.1) is 0 Å². The maximum atomic E-state index is 12.2. The van der Waals surface area contributed by atoms with Crippen molar-refractivity contribution in [2.45, 2.75) is 45.6 Å². The van der Waals surface area contributed by atoms with Crippen molar-refractivity contribution in [1.29, 1.82) is 0 Å². The molecule has 1 atom stereocenters. The molecule has 6 nitrogen and oxygen atoms in total. The molecule has 1 unspecified atom stereocenters. The van der Waals surface area contributed by atoms with Crippen LogP contribution in [-0.4, -0.2) is 51.7 Å². The van der Waals surface area contributed by atoms with E-state index < -0.39 is 0 Å². The molecule has 1 aliphatic rings. The van der Waals surface area contributed by atoms with Crippen molar-refractivity contribution in [3.05, 3.63) is 11.7 Å². The van der Waals surface area contributed by atoms with Gasteiger partial charge >= 0.3 is 6.03 Å². The predicted molar refractivity (Wildman–Crippen MR) is 83.6 cm³/mol. The Balaban J connectivity index is 1.77. The molecule has 1 N–H and O–H groups in total. The Bertz CT molecular complexity index is 464. The van der Waals surface area contributed by atoms with Gasteiger partial charge in [-0.3, -0.25) is 0 Å². The minimum Gasteiger partial charge on any atom is -0.339 e. The number of hydrogen-bond donors (Lipinski definition) is 1. The molecule has 1 saturated heterocycles. The van der Waals surface area contributed by atoms with Crippen molar-refractivity contribution >= 4 is 17.8 Å². The van der Waals surface area contributed by atoms with Gasteiger partial charge in [0.2, 0.25) is 5.89 Å². The lowest BCUT2D eigenvalue weighted by Crippen LogP contribution is -2.46. The van der Waals surface area contributed by atoms with E-state index in [-0.39, 0.29) is 11.9 Å². The maximum absolute atomic E-state index is 12.2. The highest BCUT2D eigenvalue weighted by molar-refractivity contribution is 7.99. The Morgan fingerprint density at radius 2 is 2.33 bits per heavy atom. The number of amides is 2. The van der Waals surface area contributed by atoms with Gasteiger partial charge in [-0.15, -0.1) is 0 Å². The standard InChI is InChI=1S/C14H24N4O2S/c1-10(2)13-16-12(20-17-13)4-6-15-14(19)18-7-9-21-8-5-11(18)3/h10-11H,4-9H2,1-3H3,(H,15,19). The van der Waals surface area contributed by atoms with Crippen molar-refractivity contribution in [2.75, 3.05) is 24.6 Å². The highest BCUT2D eigenvalue weighted by atomic mass is 32.2. The molecule has 118 valence electrons. The van der Waals surface area contributed by atoms with Crippen LogP contribution in [0.3, 0.4) is 0 Å². The fraction of sp³-hybridized carbons (Fsp3) is 0.786. The first-order valence-corrected chi connectivity index (χ1v) is 8.68. The molecule has 0 saturated carbocycles. The number of thioether (sulfide) groups is 1. The number of nitrogens with zero attached hydrogens (tertiary/aromatic N) is 3. The van der Waals surface area contributed by atoms with Crippen LogP contribution >= 0.6 is 11.8 Å². The van der Waals surface area contributed by atoms with Crippen molar-refractivity contribution in [3.8, 4) is 0 Å². The van der Waals surface area contributed by atoms with Crippen LogP contribution in [0.1, 0.15) is 44.8 Å². The zero-order valence-corrected chi connectivity index (χ0v) is 13.8. The number of nitrogens with one attached hydrogen (secondary N) is 1. The average molecular weight is 312 g/mol. The monoisotopic (exact) mass is 312 g/mol. The molecule has 1 aromatic heterocycles.